The molecule has 36 aromatic rings. The van der Waals surface area contributed by atoms with E-state index in [0.29, 0.717) is 0 Å². The minimum Gasteiger partial charge on any atom is -0.456 e. The van der Waals surface area contributed by atoms with Gasteiger partial charge >= 0.3 is 0 Å². The summed E-state index contributed by atoms with van der Waals surface area (Å²) >= 11 is 11.4. The lowest BCUT2D eigenvalue weighted by molar-refractivity contribution is 0.668. The molecule has 12 heteroatoms. The molecule has 0 aliphatic carbocycles. The molecule has 0 saturated carbocycles. The Labute approximate surface area is 866 Å². The largest absolute Gasteiger partial charge is 0.456 e. The maximum absolute atomic E-state index is 6.31. The lowest BCUT2D eigenvalue weighted by Gasteiger charge is -2.11. The van der Waals surface area contributed by atoms with Crippen LogP contribution in [0.4, 0.5) is 0 Å². The predicted octanol–water partition coefficient (Wildman–Crippen LogP) is 41.8. The van der Waals surface area contributed by atoms with Crippen LogP contribution in [0.5, 0.6) is 0 Å². The minimum absolute atomic E-state index is 0.913. The third-order valence-corrected chi connectivity index (χ3v) is 38.2. The van der Waals surface area contributed by atoms with E-state index in [2.05, 4.69) is 455 Å². The third kappa shape index (κ3) is 11.9. The van der Waals surface area contributed by atoms with E-state index in [1.807, 2.05) is 92.3 Å². The topological polar surface area (TPSA) is 46.0 Å². The summed E-state index contributed by atoms with van der Waals surface area (Å²) in [5.74, 6) is 0. The highest BCUT2D eigenvalue weighted by Gasteiger charge is 2.30. The van der Waals surface area contributed by atoms with Gasteiger partial charge in [0.05, 0.1) is 44.1 Å². The Morgan fingerprint density at radius 1 is 0.128 bits per heavy atom. The van der Waals surface area contributed by atoms with Crippen LogP contribution in [0.3, 0.4) is 0 Å². The van der Waals surface area contributed by atoms with Crippen molar-refractivity contribution in [1.82, 2.24) is 18.3 Å². The summed E-state index contributed by atoms with van der Waals surface area (Å²) in [4.78, 5) is 0. The molecular formula is C136H76N4O2S6. The van der Waals surface area contributed by atoms with Gasteiger partial charge < -0.3 is 27.1 Å². The molecule has 0 bridgehead atoms. The molecule has 24 aromatic carbocycles. The highest BCUT2D eigenvalue weighted by Crippen LogP contribution is 2.56. The van der Waals surface area contributed by atoms with Crippen LogP contribution < -0.4 is 0 Å². The van der Waals surface area contributed by atoms with Gasteiger partial charge in [0.2, 0.25) is 0 Å². The zero-order chi connectivity index (χ0) is 96.3. The lowest BCUT2D eigenvalue weighted by atomic mass is 10.00. The molecule has 0 fully saturated rings. The standard InChI is InChI=1S/2C34H19NOS.2C34H19NS2/c1-2-11-24-23(10-1)33-31(32-26-13-5-8-16-30(26)37-34(24)32)25-12-3-6-14-27(25)35(33)20-17-18-22-21-9-4-7-15-28(21)36-29(22)19-20;1-2-11-23-22(10-1)31-24-12-3-6-14-27(24)35(33(31)32-25-13-5-8-16-30(25)37-34(23)32)20-17-18-29-26(19-20)21-9-4-7-15-28(21)36-29;1-2-11-24-23(10-1)31-25-12-3-6-14-27(25)35(33(31)32-26-13-5-8-16-29(26)37-34(24)32)20-17-18-22-21-9-4-7-15-28(21)36-30(22)19-20;1-2-11-23-22(10-1)33-31(32-25-13-5-8-16-29(25)37-34(23)32)24-12-3-6-14-27(24)35(33)20-17-18-30-26(19-20)21-9-4-7-15-28(21)36-30/h4*1-19H. The van der Waals surface area contributed by atoms with Crippen LogP contribution in [-0.2, 0) is 0 Å². The minimum atomic E-state index is 0.913. The number of fused-ring (bicyclic) bond motifs is 52. The van der Waals surface area contributed by atoms with E-state index in [4.69, 9.17) is 8.83 Å². The van der Waals surface area contributed by atoms with Gasteiger partial charge in [0.1, 0.15) is 22.3 Å². The molecule has 6 nitrogen and oxygen atoms in total. The molecule has 0 aliphatic heterocycles. The van der Waals surface area contributed by atoms with E-state index in [-0.39, 0.29) is 0 Å². The van der Waals surface area contributed by atoms with Crippen LogP contribution in [0, 0.1) is 0 Å². The number of benzene rings is 24. The summed E-state index contributed by atoms with van der Waals surface area (Å²) in [5.41, 5.74) is 18.5. The van der Waals surface area contributed by atoms with Gasteiger partial charge in [0.25, 0.3) is 0 Å². The average molecular weight is 1990 g/mol. The van der Waals surface area contributed by atoms with Crippen molar-refractivity contribution < 1.29 is 8.83 Å². The molecular weight excluding hydrogens is 1910 g/mol. The third-order valence-electron chi connectivity index (χ3n) is 31.1. The average Bonchev–Trinajstić information content (AvgIpc) is 1.55. The quantitative estimate of drug-likeness (QED) is 0.176. The second kappa shape index (κ2) is 32.0. The van der Waals surface area contributed by atoms with Crippen molar-refractivity contribution in [3.05, 3.63) is 461 Å². The van der Waals surface area contributed by atoms with Crippen molar-refractivity contribution in [2.45, 2.75) is 0 Å². The molecule has 0 unspecified atom stereocenters. The number of hydrogen-bond donors (Lipinski definition) is 0. The molecule has 0 atom stereocenters. The predicted molar refractivity (Wildman–Crippen MR) is 645 cm³/mol. The second-order valence-corrected chi connectivity index (χ2v) is 45.2. The van der Waals surface area contributed by atoms with Gasteiger partial charge in [-0.15, -0.1) is 68.0 Å². The van der Waals surface area contributed by atoms with E-state index in [9.17, 15) is 0 Å². The van der Waals surface area contributed by atoms with Crippen LogP contribution in [0.25, 0.3) is 318 Å². The molecule has 0 spiro atoms. The zero-order valence-electron chi connectivity index (χ0n) is 78.9. The van der Waals surface area contributed by atoms with Gasteiger partial charge in [0, 0.05) is 247 Å². The van der Waals surface area contributed by atoms with Crippen molar-refractivity contribution in [2.75, 3.05) is 0 Å². The first-order chi connectivity index (χ1) is 73.5. The van der Waals surface area contributed by atoms with E-state index >= 15 is 0 Å². The molecule has 12 aromatic heterocycles. The van der Waals surface area contributed by atoms with Crippen LogP contribution >= 0.6 is 68.0 Å². The number of para-hydroxylation sites is 6. The van der Waals surface area contributed by atoms with Gasteiger partial charge in [-0.05, 0) is 144 Å². The van der Waals surface area contributed by atoms with E-state index < -0.39 is 0 Å². The summed E-state index contributed by atoms with van der Waals surface area (Å²) in [6.07, 6.45) is 0. The van der Waals surface area contributed by atoms with Crippen molar-refractivity contribution >= 4 is 363 Å². The van der Waals surface area contributed by atoms with Gasteiger partial charge in [0.15, 0.2) is 0 Å². The van der Waals surface area contributed by atoms with Gasteiger partial charge in [-0.1, -0.05) is 322 Å². The van der Waals surface area contributed by atoms with E-state index in [1.54, 1.807) is 0 Å². The first kappa shape index (κ1) is 82.8. The summed E-state index contributed by atoms with van der Waals surface area (Å²) < 4.78 is 38.6. The Balaban J connectivity index is 0.0000000859. The van der Waals surface area contributed by atoms with Crippen molar-refractivity contribution in [3.8, 4) is 22.7 Å². The molecule has 0 saturated heterocycles. The van der Waals surface area contributed by atoms with Crippen LogP contribution in [-0.4, -0.2) is 18.3 Å². The fraction of sp³-hybridized carbons (Fsp3) is 0. The first-order valence-electron chi connectivity index (χ1n) is 50.1. The molecule has 36 rings (SSSR count). The molecule has 688 valence electrons. The SMILES string of the molecule is c1ccc2c(c1)oc1cc(-n3c4ccccc4c4c5c6ccccc6sc5c5ccccc5c43)ccc12.c1ccc2c(c1)oc1ccc(-n3c4ccccc4c4c5ccccc5c5sc6ccccc6c5c43)cc12.c1ccc2c(c1)sc1cc(-n3c4ccccc4c4c5ccccc5c5sc6ccccc6c5c43)ccc12.c1ccc2c(c1)sc1ccc(-n3c4ccccc4c4c5c6ccccc6sc5c5ccccc5c43)cc12. The van der Waals surface area contributed by atoms with Crippen molar-refractivity contribution in [1.29, 1.82) is 0 Å². The van der Waals surface area contributed by atoms with E-state index in [0.717, 1.165) is 55.3 Å². The maximum atomic E-state index is 6.31. The van der Waals surface area contributed by atoms with Crippen molar-refractivity contribution in [3.63, 3.8) is 0 Å². The monoisotopic (exact) mass is 1990 g/mol. The highest BCUT2D eigenvalue weighted by atomic mass is 32.1. The number of hydrogen-bond acceptors (Lipinski definition) is 8. The van der Waals surface area contributed by atoms with Gasteiger partial charge in [-0.25, -0.2) is 0 Å². The number of nitrogens with zero attached hydrogens (tertiary/aromatic N) is 4. The second-order valence-electron chi connectivity index (χ2n) is 38.8. The van der Waals surface area contributed by atoms with Crippen LogP contribution in [0.15, 0.2) is 470 Å². The summed E-state index contributed by atoms with van der Waals surface area (Å²) in [7, 11) is 0. The van der Waals surface area contributed by atoms with Crippen LogP contribution in [0.1, 0.15) is 0 Å². The molecule has 0 aliphatic rings. The summed E-state index contributed by atoms with van der Waals surface area (Å²) in [6, 6.07) is 168. The lowest BCUT2D eigenvalue weighted by Crippen LogP contribution is -1.94. The fourth-order valence-corrected chi connectivity index (χ4v) is 32.2. The Kier molecular flexibility index (Phi) is 17.9. The first-order valence-corrected chi connectivity index (χ1v) is 55.0. The molecule has 0 radical (unpaired) electrons. The number of rotatable bonds is 4. The Bertz CT molecular complexity index is 12100. The van der Waals surface area contributed by atoms with Gasteiger partial charge in [-0.3, -0.25) is 0 Å². The normalized spacial score (nSPS) is 12.3. The highest BCUT2D eigenvalue weighted by molar-refractivity contribution is 7.29. The fourth-order valence-electron chi connectivity index (χ4n) is 25.0. The number of thiophene rings is 6. The number of aromatic nitrogens is 4. The molecule has 12 heterocycles. The van der Waals surface area contributed by atoms with Gasteiger partial charge in [-0.2, -0.15) is 0 Å². The zero-order valence-corrected chi connectivity index (χ0v) is 83.8. The molecule has 148 heavy (non-hydrogen) atoms. The summed E-state index contributed by atoms with van der Waals surface area (Å²) in [6.45, 7) is 0. The number of furan rings is 2. The smallest absolute Gasteiger partial charge is 0.137 e. The van der Waals surface area contributed by atoms with E-state index in [1.165, 1.54) is 263 Å². The van der Waals surface area contributed by atoms with Crippen molar-refractivity contribution in [2.24, 2.45) is 0 Å². The van der Waals surface area contributed by atoms with Crippen LogP contribution in [0.2, 0.25) is 0 Å². The Hall–Kier alpha value is -17.6. The summed E-state index contributed by atoms with van der Waals surface area (Å²) in [5, 5.41) is 41.8. The maximum Gasteiger partial charge on any atom is 0.137 e. The Morgan fingerprint density at radius 3 is 0.838 bits per heavy atom. The molecule has 0 N–H and O–H groups in total. The Morgan fingerprint density at radius 2 is 0.385 bits per heavy atom. The molecule has 0 amide bonds.